The second kappa shape index (κ2) is 2.73. The van der Waals surface area contributed by atoms with Gasteiger partial charge in [-0.05, 0) is 28.6 Å². The lowest BCUT2D eigenvalue weighted by Gasteiger charge is -2.17. The molecule has 0 radical (unpaired) electrons. The van der Waals surface area contributed by atoms with Crippen LogP contribution in [0.4, 0.5) is 0 Å². The molecular formula is C13H16. The third-order valence-electron chi connectivity index (χ3n) is 2.59. The minimum Gasteiger partial charge on any atom is -0.0801 e. The van der Waals surface area contributed by atoms with E-state index in [1.807, 2.05) is 0 Å². The smallest absolute Gasteiger partial charge is 0.0131 e. The predicted octanol–water partition coefficient (Wildman–Crippen LogP) is 3.79. The van der Waals surface area contributed by atoms with E-state index in [1.54, 1.807) is 0 Å². The molecule has 0 heteroatoms. The molecule has 0 atom stereocenters. The van der Waals surface area contributed by atoms with Gasteiger partial charge in [0.25, 0.3) is 0 Å². The Morgan fingerprint density at radius 2 is 1.85 bits per heavy atom. The standard InChI is InChI=1S/C13H16/c1-13(2,3)12-8-10-6-4-5-7-11(10)9-12/h4,6-9H,5H2,1-3H3. The van der Waals surface area contributed by atoms with Crippen LogP contribution in [-0.4, -0.2) is 0 Å². The van der Waals surface area contributed by atoms with Crippen molar-refractivity contribution in [2.45, 2.75) is 27.2 Å². The van der Waals surface area contributed by atoms with Gasteiger partial charge in [0.1, 0.15) is 0 Å². The summed E-state index contributed by atoms with van der Waals surface area (Å²) in [6.07, 6.45) is 12.4. The Balaban J connectivity index is 2.38. The van der Waals surface area contributed by atoms with Crippen molar-refractivity contribution >= 4 is 0 Å². The van der Waals surface area contributed by atoms with E-state index in [0.29, 0.717) is 0 Å². The summed E-state index contributed by atoms with van der Waals surface area (Å²) in [6, 6.07) is 0. The highest BCUT2D eigenvalue weighted by Crippen LogP contribution is 2.36. The van der Waals surface area contributed by atoms with E-state index >= 15 is 0 Å². The van der Waals surface area contributed by atoms with Crippen molar-refractivity contribution in [2.24, 2.45) is 5.41 Å². The fraction of sp³-hybridized carbons (Fsp3) is 0.385. The van der Waals surface area contributed by atoms with Crippen molar-refractivity contribution in [3.63, 3.8) is 0 Å². The van der Waals surface area contributed by atoms with Gasteiger partial charge in [-0.3, -0.25) is 0 Å². The molecule has 0 saturated heterocycles. The van der Waals surface area contributed by atoms with Crippen molar-refractivity contribution in [1.82, 2.24) is 0 Å². The Labute approximate surface area is 80.3 Å². The number of hydrogen-bond donors (Lipinski definition) is 0. The molecule has 0 bridgehead atoms. The van der Waals surface area contributed by atoms with Gasteiger partial charge < -0.3 is 0 Å². The molecule has 0 heterocycles. The van der Waals surface area contributed by atoms with Crippen LogP contribution in [0.3, 0.4) is 0 Å². The van der Waals surface area contributed by atoms with Crippen molar-refractivity contribution in [1.29, 1.82) is 0 Å². The van der Waals surface area contributed by atoms with Crippen molar-refractivity contribution < 1.29 is 0 Å². The van der Waals surface area contributed by atoms with E-state index in [0.717, 1.165) is 6.42 Å². The first-order valence-corrected chi connectivity index (χ1v) is 4.88. The molecule has 0 unspecified atom stereocenters. The number of allylic oxidation sites excluding steroid dienone is 8. The molecule has 0 N–H and O–H groups in total. The van der Waals surface area contributed by atoms with Gasteiger partial charge in [-0.25, -0.2) is 0 Å². The quantitative estimate of drug-likeness (QED) is 0.521. The maximum atomic E-state index is 2.32. The molecule has 0 fully saturated rings. The van der Waals surface area contributed by atoms with Crippen LogP contribution in [-0.2, 0) is 0 Å². The van der Waals surface area contributed by atoms with Gasteiger partial charge in [0.15, 0.2) is 0 Å². The number of hydrogen-bond acceptors (Lipinski definition) is 0. The summed E-state index contributed by atoms with van der Waals surface area (Å²) in [6.45, 7) is 6.78. The van der Waals surface area contributed by atoms with Gasteiger partial charge in [0.05, 0.1) is 0 Å². The minimum absolute atomic E-state index is 0.277. The highest BCUT2D eigenvalue weighted by Gasteiger charge is 2.21. The topological polar surface area (TPSA) is 0 Å². The molecule has 0 spiro atoms. The number of fused-ring (bicyclic) bond motifs is 1. The molecule has 0 aromatic heterocycles. The van der Waals surface area contributed by atoms with Gasteiger partial charge in [-0.1, -0.05) is 51.2 Å². The summed E-state index contributed by atoms with van der Waals surface area (Å²) in [5.41, 5.74) is 4.52. The average Bonchev–Trinajstić information content (AvgIpc) is 2.45. The first kappa shape index (κ1) is 8.55. The molecule has 0 aromatic carbocycles. The lowest BCUT2D eigenvalue weighted by Crippen LogP contribution is -2.05. The van der Waals surface area contributed by atoms with Gasteiger partial charge in [0, 0.05) is 0 Å². The third-order valence-corrected chi connectivity index (χ3v) is 2.59. The van der Waals surface area contributed by atoms with E-state index in [4.69, 9.17) is 0 Å². The highest BCUT2D eigenvalue weighted by molar-refractivity contribution is 5.60. The van der Waals surface area contributed by atoms with Crippen molar-refractivity contribution in [3.05, 3.63) is 47.1 Å². The van der Waals surface area contributed by atoms with E-state index in [9.17, 15) is 0 Å². The van der Waals surface area contributed by atoms with Crippen LogP contribution < -0.4 is 0 Å². The zero-order valence-electron chi connectivity index (χ0n) is 8.59. The summed E-state index contributed by atoms with van der Waals surface area (Å²) in [7, 11) is 0. The van der Waals surface area contributed by atoms with E-state index in [2.05, 4.69) is 51.2 Å². The van der Waals surface area contributed by atoms with Gasteiger partial charge in [-0.2, -0.15) is 0 Å². The molecule has 2 aliphatic rings. The van der Waals surface area contributed by atoms with Crippen LogP contribution >= 0.6 is 0 Å². The second-order valence-corrected chi connectivity index (χ2v) is 4.75. The Hall–Kier alpha value is -1.04. The van der Waals surface area contributed by atoms with Gasteiger partial charge in [-0.15, -0.1) is 0 Å². The maximum Gasteiger partial charge on any atom is -0.0131 e. The highest BCUT2D eigenvalue weighted by atomic mass is 14.3. The molecule has 0 aliphatic heterocycles. The second-order valence-electron chi connectivity index (χ2n) is 4.75. The van der Waals surface area contributed by atoms with E-state index < -0.39 is 0 Å². The summed E-state index contributed by atoms with van der Waals surface area (Å²) in [5.74, 6) is 0. The fourth-order valence-corrected chi connectivity index (χ4v) is 1.69. The van der Waals surface area contributed by atoms with Crippen LogP contribution in [0, 0.1) is 5.41 Å². The van der Waals surface area contributed by atoms with Crippen LogP contribution in [0.2, 0.25) is 0 Å². The Morgan fingerprint density at radius 1 is 1.08 bits per heavy atom. The first-order valence-electron chi connectivity index (χ1n) is 4.88. The molecule has 0 aromatic rings. The third kappa shape index (κ3) is 1.53. The normalized spacial score (nSPS) is 20.7. The Morgan fingerprint density at radius 3 is 2.46 bits per heavy atom. The molecule has 13 heavy (non-hydrogen) atoms. The van der Waals surface area contributed by atoms with Crippen LogP contribution in [0.25, 0.3) is 0 Å². The van der Waals surface area contributed by atoms with Crippen LogP contribution in [0.5, 0.6) is 0 Å². The monoisotopic (exact) mass is 172 g/mol. The SMILES string of the molecule is CC(C)(C)C1=CC2=CCC=CC2=C1. The zero-order chi connectivity index (χ0) is 9.47. The molecular weight excluding hydrogens is 156 g/mol. The summed E-state index contributed by atoms with van der Waals surface area (Å²) in [5, 5.41) is 0. The fourth-order valence-electron chi connectivity index (χ4n) is 1.69. The largest absolute Gasteiger partial charge is 0.0801 e. The van der Waals surface area contributed by atoms with E-state index in [1.165, 1.54) is 16.7 Å². The molecule has 68 valence electrons. The Bertz CT molecular complexity index is 341. The zero-order valence-corrected chi connectivity index (χ0v) is 8.59. The molecule has 0 saturated carbocycles. The molecule has 2 rings (SSSR count). The van der Waals surface area contributed by atoms with Gasteiger partial charge in [0.2, 0.25) is 0 Å². The maximum absolute atomic E-state index is 2.32. The molecule has 0 amide bonds. The minimum atomic E-state index is 0.277. The van der Waals surface area contributed by atoms with Crippen LogP contribution in [0.15, 0.2) is 47.1 Å². The lowest BCUT2D eigenvalue weighted by molar-refractivity contribution is 0.518. The molecule has 0 nitrogen and oxygen atoms in total. The summed E-state index contributed by atoms with van der Waals surface area (Å²) >= 11 is 0. The summed E-state index contributed by atoms with van der Waals surface area (Å²) in [4.78, 5) is 0. The summed E-state index contributed by atoms with van der Waals surface area (Å²) < 4.78 is 0. The van der Waals surface area contributed by atoms with E-state index in [-0.39, 0.29) is 5.41 Å². The lowest BCUT2D eigenvalue weighted by atomic mass is 9.87. The number of rotatable bonds is 0. The van der Waals surface area contributed by atoms with Crippen LogP contribution in [0.1, 0.15) is 27.2 Å². The van der Waals surface area contributed by atoms with Crippen molar-refractivity contribution in [3.8, 4) is 0 Å². The average molecular weight is 172 g/mol. The Kier molecular flexibility index (Phi) is 1.80. The molecule has 2 aliphatic carbocycles. The first-order chi connectivity index (χ1) is 6.07. The van der Waals surface area contributed by atoms with Crippen molar-refractivity contribution in [2.75, 3.05) is 0 Å². The predicted molar refractivity (Wildman–Crippen MR) is 57.5 cm³/mol. The van der Waals surface area contributed by atoms with Gasteiger partial charge >= 0.3 is 0 Å².